The molecule has 0 aliphatic rings. The van der Waals surface area contributed by atoms with Gasteiger partial charge >= 0.3 is 0 Å². The van der Waals surface area contributed by atoms with Crippen molar-refractivity contribution in [2.24, 2.45) is 0 Å². The molecule has 0 fully saturated rings. The average Bonchev–Trinajstić information content (AvgIpc) is 2.30. The number of hydrogen-bond donors (Lipinski definition) is 0. The van der Waals surface area contributed by atoms with Crippen LogP contribution in [0.2, 0.25) is 0 Å². The molecule has 0 saturated heterocycles. The minimum absolute atomic E-state index is 0. The maximum atomic E-state index is 11.8. The molecule has 2 rings (SSSR count). The fourth-order valence-corrected chi connectivity index (χ4v) is 1.35. The smallest absolute Gasteiger partial charge is 0.193 e. The second kappa shape index (κ2) is 6.49. The predicted octanol–water partition coefficient (Wildman–Crippen LogP) is 2.54. The van der Waals surface area contributed by atoms with Gasteiger partial charge in [0.2, 0.25) is 0 Å². The SMILES string of the molecule is O=C(c1ccccc1)c1ccccc1.[Rb]. The predicted molar refractivity (Wildman–Crippen MR) is 62.1 cm³/mol. The van der Waals surface area contributed by atoms with Gasteiger partial charge in [0, 0.05) is 69.3 Å². The summed E-state index contributed by atoms with van der Waals surface area (Å²) in [6.07, 6.45) is 0. The molecule has 0 heterocycles. The Bertz CT molecular complexity index is 381. The maximum absolute atomic E-state index is 11.8. The molecule has 0 saturated carbocycles. The molecule has 0 spiro atoms. The first-order valence-corrected chi connectivity index (χ1v) is 4.53. The third-order valence-corrected chi connectivity index (χ3v) is 2.07. The first-order valence-electron chi connectivity index (χ1n) is 4.53. The first kappa shape index (κ1) is 13.0. The molecule has 2 aromatic rings. The van der Waals surface area contributed by atoms with Crippen molar-refractivity contribution < 1.29 is 4.79 Å². The second-order valence-corrected chi connectivity index (χ2v) is 3.06. The molecular formula is C13H10ORb. The van der Waals surface area contributed by atoms with Crippen LogP contribution in [0.15, 0.2) is 60.7 Å². The molecule has 69 valence electrons. The van der Waals surface area contributed by atoms with Gasteiger partial charge in [0.25, 0.3) is 0 Å². The van der Waals surface area contributed by atoms with Gasteiger partial charge in [-0.3, -0.25) is 4.79 Å². The summed E-state index contributed by atoms with van der Waals surface area (Å²) >= 11 is 0. The quantitative estimate of drug-likeness (QED) is 0.765. The zero-order chi connectivity index (χ0) is 9.80. The van der Waals surface area contributed by atoms with E-state index >= 15 is 0 Å². The third-order valence-electron chi connectivity index (χ3n) is 2.07. The van der Waals surface area contributed by atoms with Crippen molar-refractivity contribution >= 4 is 64.0 Å². The van der Waals surface area contributed by atoms with Crippen LogP contribution < -0.4 is 0 Å². The Morgan fingerprint density at radius 2 is 1.00 bits per heavy atom. The maximum Gasteiger partial charge on any atom is 0.193 e. The van der Waals surface area contributed by atoms with Gasteiger partial charge in [0.15, 0.2) is 5.78 Å². The summed E-state index contributed by atoms with van der Waals surface area (Å²) in [6.45, 7) is 0. The van der Waals surface area contributed by atoms with E-state index in [1.807, 2.05) is 60.7 Å². The number of carbonyl (C=O) groups is 1. The Balaban J connectivity index is 0.00000112. The Morgan fingerprint density at radius 3 is 1.33 bits per heavy atom. The fourth-order valence-electron chi connectivity index (χ4n) is 1.35. The van der Waals surface area contributed by atoms with E-state index in [4.69, 9.17) is 0 Å². The van der Waals surface area contributed by atoms with Crippen LogP contribution in [0.25, 0.3) is 0 Å². The molecule has 0 unspecified atom stereocenters. The van der Waals surface area contributed by atoms with E-state index in [0.717, 1.165) is 11.1 Å². The fraction of sp³-hybridized carbons (Fsp3) is 0. The summed E-state index contributed by atoms with van der Waals surface area (Å²) < 4.78 is 0. The number of ketones is 1. The van der Waals surface area contributed by atoms with E-state index < -0.39 is 0 Å². The Hall–Kier alpha value is -0.0848. The largest absolute Gasteiger partial charge is 0.289 e. The van der Waals surface area contributed by atoms with Crippen LogP contribution >= 0.6 is 0 Å². The normalized spacial score (nSPS) is 9.07. The minimum Gasteiger partial charge on any atom is -0.289 e. The summed E-state index contributed by atoms with van der Waals surface area (Å²) in [5, 5.41) is 0. The summed E-state index contributed by atoms with van der Waals surface area (Å²) in [5.41, 5.74) is 1.47. The monoisotopic (exact) mass is 267 g/mol. The number of rotatable bonds is 2. The molecule has 0 atom stereocenters. The molecular weight excluding hydrogens is 258 g/mol. The van der Waals surface area contributed by atoms with Gasteiger partial charge in [-0.25, -0.2) is 0 Å². The third kappa shape index (κ3) is 3.45. The standard InChI is InChI=1S/C13H10O.Rb/c14-13(11-7-3-1-4-8-11)12-9-5-2-6-10-12;/h1-10H;. The number of hydrogen-bond acceptors (Lipinski definition) is 1. The Morgan fingerprint density at radius 1 is 0.667 bits per heavy atom. The van der Waals surface area contributed by atoms with Gasteiger partial charge in [-0.05, 0) is 0 Å². The average molecular weight is 268 g/mol. The van der Waals surface area contributed by atoms with Crippen molar-refractivity contribution in [3.63, 3.8) is 0 Å². The molecule has 0 aliphatic carbocycles. The van der Waals surface area contributed by atoms with Crippen LogP contribution in [0, 0.1) is 0 Å². The summed E-state index contributed by atoms with van der Waals surface area (Å²) in [6, 6.07) is 18.6. The van der Waals surface area contributed by atoms with Crippen LogP contribution in [0.3, 0.4) is 0 Å². The van der Waals surface area contributed by atoms with E-state index in [2.05, 4.69) is 0 Å². The summed E-state index contributed by atoms with van der Waals surface area (Å²) in [5.74, 6) is 0.0752. The summed E-state index contributed by atoms with van der Waals surface area (Å²) in [7, 11) is 0. The van der Waals surface area contributed by atoms with Crippen LogP contribution in [-0.4, -0.2) is 64.0 Å². The topological polar surface area (TPSA) is 17.1 Å². The molecule has 0 bridgehead atoms. The van der Waals surface area contributed by atoms with Gasteiger partial charge in [-0.15, -0.1) is 0 Å². The molecule has 0 aliphatic heterocycles. The molecule has 0 aromatic heterocycles. The zero-order valence-corrected chi connectivity index (χ0v) is 13.6. The molecule has 0 amide bonds. The van der Waals surface area contributed by atoms with Crippen LogP contribution in [0.4, 0.5) is 0 Å². The first-order chi connectivity index (χ1) is 6.88. The van der Waals surface area contributed by atoms with E-state index in [-0.39, 0.29) is 64.0 Å². The van der Waals surface area contributed by atoms with Crippen LogP contribution in [-0.2, 0) is 0 Å². The Labute approximate surface area is 138 Å². The van der Waals surface area contributed by atoms with Crippen molar-refractivity contribution in [1.82, 2.24) is 0 Å². The minimum atomic E-state index is 0. The van der Waals surface area contributed by atoms with Crippen LogP contribution in [0.1, 0.15) is 15.9 Å². The zero-order valence-electron chi connectivity index (χ0n) is 8.68. The van der Waals surface area contributed by atoms with Crippen molar-refractivity contribution in [2.75, 3.05) is 0 Å². The number of carbonyl (C=O) groups excluding carboxylic acids is 1. The van der Waals surface area contributed by atoms with Gasteiger partial charge < -0.3 is 0 Å². The molecule has 2 heteroatoms. The molecule has 1 radical (unpaired) electrons. The van der Waals surface area contributed by atoms with Crippen molar-refractivity contribution in [2.45, 2.75) is 0 Å². The van der Waals surface area contributed by atoms with Gasteiger partial charge in [0.05, 0.1) is 0 Å². The van der Waals surface area contributed by atoms with Gasteiger partial charge in [-0.2, -0.15) is 0 Å². The molecule has 1 nitrogen and oxygen atoms in total. The van der Waals surface area contributed by atoms with E-state index in [0.29, 0.717) is 0 Å². The van der Waals surface area contributed by atoms with Gasteiger partial charge in [-0.1, -0.05) is 60.7 Å². The Kier molecular flexibility index (Phi) is 5.61. The van der Waals surface area contributed by atoms with E-state index in [1.165, 1.54) is 0 Å². The van der Waals surface area contributed by atoms with E-state index in [1.54, 1.807) is 0 Å². The van der Waals surface area contributed by atoms with Gasteiger partial charge in [0.1, 0.15) is 0 Å². The van der Waals surface area contributed by atoms with Crippen molar-refractivity contribution in [3.05, 3.63) is 71.8 Å². The molecule has 0 N–H and O–H groups in total. The van der Waals surface area contributed by atoms with Crippen molar-refractivity contribution in [3.8, 4) is 0 Å². The van der Waals surface area contributed by atoms with E-state index in [9.17, 15) is 4.79 Å². The second-order valence-electron chi connectivity index (χ2n) is 3.06. The number of benzene rings is 2. The molecule has 15 heavy (non-hydrogen) atoms. The van der Waals surface area contributed by atoms with Crippen molar-refractivity contribution in [1.29, 1.82) is 0 Å². The molecule has 2 aromatic carbocycles. The summed E-state index contributed by atoms with van der Waals surface area (Å²) in [4.78, 5) is 11.8. The van der Waals surface area contributed by atoms with Crippen LogP contribution in [0.5, 0.6) is 0 Å².